The molecule has 4 heteroatoms. The number of nitrogens with zero attached hydrogens (tertiary/aromatic N) is 2. The molecule has 0 atom stereocenters. The first-order chi connectivity index (χ1) is 9.76. The van der Waals surface area contributed by atoms with E-state index in [9.17, 15) is 0 Å². The van der Waals surface area contributed by atoms with Crippen LogP contribution in [0.2, 0.25) is 0 Å². The number of nitrogens with two attached hydrogens (primary N) is 1. The van der Waals surface area contributed by atoms with Gasteiger partial charge in [0.25, 0.3) is 6.01 Å². The molecule has 0 saturated heterocycles. The van der Waals surface area contributed by atoms with Gasteiger partial charge in [0.2, 0.25) is 0 Å². The molecule has 0 spiro atoms. The summed E-state index contributed by atoms with van der Waals surface area (Å²) in [6, 6.07) is 17.6. The Balaban J connectivity index is 2.05. The van der Waals surface area contributed by atoms with E-state index in [1.807, 2.05) is 42.5 Å². The van der Waals surface area contributed by atoms with Gasteiger partial charge in [-0.15, -0.1) is 0 Å². The van der Waals surface area contributed by atoms with Crippen molar-refractivity contribution in [1.82, 2.24) is 4.98 Å². The summed E-state index contributed by atoms with van der Waals surface area (Å²) < 4.78 is 5.32. The number of hydrogen-bond donors (Lipinski definition) is 1. The standard InChI is InChI=1S/C16H11N3O/c17-9-11-3-1-4-12(7-11)13-5-2-6-14(8-13)15-10-19-16(18)20-15/h1-8,10H,(H2,18,19). The number of aromatic nitrogens is 1. The van der Waals surface area contributed by atoms with Gasteiger partial charge < -0.3 is 10.2 Å². The highest BCUT2D eigenvalue weighted by atomic mass is 16.4. The highest BCUT2D eigenvalue weighted by Crippen LogP contribution is 2.27. The third-order valence-electron chi connectivity index (χ3n) is 3.00. The fourth-order valence-corrected chi connectivity index (χ4v) is 2.04. The molecule has 0 bridgehead atoms. The lowest BCUT2D eigenvalue weighted by molar-refractivity contribution is 0.595. The lowest BCUT2D eigenvalue weighted by atomic mass is 10.0. The molecule has 2 aromatic carbocycles. The van der Waals surface area contributed by atoms with Crippen LogP contribution in [0.25, 0.3) is 22.5 Å². The van der Waals surface area contributed by atoms with Gasteiger partial charge in [-0.1, -0.05) is 30.3 Å². The van der Waals surface area contributed by atoms with Gasteiger partial charge in [-0.3, -0.25) is 0 Å². The normalized spacial score (nSPS) is 10.2. The SMILES string of the molecule is N#Cc1cccc(-c2cccc(-c3cnc(N)o3)c2)c1. The van der Waals surface area contributed by atoms with Gasteiger partial charge in [-0.05, 0) is 29.3 Å². The van der Waals surface area contributed by atoms with E-state index in [2.05, 4.69) is 11.1 Å². The monoisotopic (exact) mass is 261 g/mol. The van der Waals surface area contributed by atoms with Crippen LogP contribution in [0.3, 0.4) is 0 Å². The Morgan fingerprint density at radius 3 is 2.40 bits per heavy atom. The minimum atomic E-state index is 0.150. The van der Waals surface area contributed by atoms with E-state index >= 15 is 0 Å². The molecule has 96 valence electrons. The first-order valence-electron chi connectivity index (χ1n) is 6.08. The van der Waals surface area contributed by atoms with Crippen LogP contribution in [0.5, 0.6) is 0 Å². The fourth-order valence-electron chi connectivity index (χ4n) is 2.04. The van der Waals surface area contributed by atoms with Crippen molar-refractivity contribution in [2.24, 2.45) is 0 Å². The Hall–Kier alpha value is -3.06. The average molecular weight is 261 g/mol. The molecular weight excluding hydrogens is 250 g/mol. The summed E-state index contributed by atoms with van der Waals surface area (Å²) in [7, 11) is 0. The molecule has 0 radical (unpaired) electrons. The van der Waals surface area contributed by atoms with Gasteiger partial charge in [0.15, 0.2) is 5.76 Å². The fraction of sp³-hybridized carbons (Fsp3) is 0. The van der Waals surface area contributed by atoms with Crippen molar-refractivity contribution in [2.75, 3.05) is 5.73 Å². The van der Waals surface area contributed by atoms with E-state index in [-0.39, 0.29) is 6.01 Å². The number of hydrogen-bond acceptors (Lipinski definition) is 4. The molecule has 0 aliphatic carbocycles. The Bertz CT molecular complexity index is 799. The molecule has 3 rings (SSSR count). The Morgan fingerprint density at radius 1 is 1.00 bits per heavy atom. The van der Waals surface area contributed by atoms with Gasteiger partial charge in [-0.2, -0.15) is 5.26 Å². The second-order valence-electron chi connectivity index (χ2n) is 4.34. The quantitative estimate of drug-likeness (QED) is 0.766. The minimum Gasteiger partial charge on any atom is -0.424 e. The third kappa shape index (κ3) is 2.25. The van der Waals surface area contributed by atoms with E-state index in [4.69, 9.17) is 15.4 Å². The zero-order valence-corrected chi connectivity index (χ0v) is 10.6. The molecule has 3 aromatic rings. The molecule has 0 fully saturated rings. The summed E-state index contributed by atoms with van der Waals surface area (Å²) in [6.07, 6.45) is 1.60. The highest BCUT2D eigenvalue weighted by Gasteiger charge is 2.06. The molecule has 4 nitrogen and oxygen atoms in total. The van der Waals surface area contributed by atoms with Crippen LogP contribution >= 0.6 is 0 Å². The van der Waals surface area contributed by atoms with E-state index in [0.29, 0.717) is 11.3 Å². The van der Waals surface area contributed by atoms with Crippen LogP contribution in [0.4, 0.5) is 6.01 Å². The van der Waals surface area contributed by atoms with Gasteiger partial charge in [0.05, 0.1) is 17.8 Å². The summed E-state index contributed by atoms with van der Waals surface area (Å²) in [5.74, 6) is 0.626. The van der Waals surface area contributed by atoms with Crippen molar-refractivity contribution >= 4 is 6.01 Å². The highest BCUT2D eigenvalue weighted by molar-refractivity contribution is 5.71. The molecule has 1 aromatic heterocycles. The maximum atomic E-state index is 8.96. The molecule has 2 N–H and O–H groups in total. The second-order valence-corrected chi connectivity index (χ2v) is 4.34. The maximum absolute atomic E-state index is 8.96. The van der Waals surface area contributed by atoms with Gasteiger partial charge in [-0.25, -0.2) is 4.98 Å². The lowest BCUT2D eigenvalue weighted by Crippen LogP contribution is -1.82. The number of benzene rings is 2. The molecule has 1 heterocycles. The Labute approximate surface area is 116 Å². The predicted molar refractivity (Wildman–Crippen MR) is 76.5 cm³/mol. The Kier molecular flexibility index (Phi) is 2.94. The van der Waals surface area contributed by atoms with E-state index in [1.54, 1.807) is 12.3 Å². The predicted octanol–water partition coefficient (Wildman–Crippen LogP) is 3.46. The molecular formula is C16H11N3O. The van der Waals surface area contributed by atoms with Crippen molar-refractivity contribution in [2.45, 2.75) is 0 Å². The molecule has 0 amide bonds. The van der Waals surface area contributed by atoms with Crippen molar-refractivity contribution in [3.05, 3.63) is 60.3 Å². The van der Waals surface area contributed by atoms with Crippen molar-refractivity contribution in [1.29, 1.82) is 5.26 Å². The molecule has 0 aliphatic heterocycles. The summed E-state index contributed by atoms with van der Waals surface area (Å²) in [6.45, 7) is 0. The zero-order chi connectivity index (χ0) is 13.9. The third-order valence-corrected chi connectivity index (χ3v) is 3.00. The van der Waals surface area contributed by atoms with Gasteiger partial charge in [0.1, 0.15) is 0 Å². The van der Waals surface area contributed by atoms with E-state index in [0.717, 1.165) is 16.7 Å². The van der Waals surface area contributed by atoms with Crippen LogP contribution in [0.1, 0.15) is 5.56 Å². The largest absolute Gasteiger partial charge is 0.424 e. The topological polar surface area (TPSA) is 75.8 Å². The zero-order valence-electron chi connectivity index (χ0n) is 10.6. The average Bonchev–Trinajstić information content (AvgIpc) is 2.94. The molecule has 0 saturated carbocycles. The second kappa shape index (κ2) is 4.90. The number of oxazole rings is 1. The summed E-state index contributed by atoms with van der Waals surface area (Å²) >= 11 is 0. The van der Waals surface area contributed by atoms with Crippen LogP contribution in [0.15, 0.2) is 59.1 Å². The van der Waals surface area contributed by atoms with Crippen LogP contribution in [-0.4, -0.2) is 4.98 Å². The number of nitrogen functional groups attached to an aromatic ring is 1. The van der Waals surface area contributed by atoms with E-state index < -0.39 is 0 Å². The summed E-state index contributed by atoms with van der Waals surface area (Å²) in [5, 5.41) is 8.96. The number of anilines is 1. The van der Waals surface area contributed by atoms with Crippen molar-refractivity contribution in [3.8, 4) is 28.5 Å². The van der Waals surface area contributed by atoms with Gasteiger partial charge in [0, 0.05) is 5.56 Å². The lowest BCUT2D eigenvalue weighted by Gasteiger charge is -2.04. The molecule has 20 heavy (non-hydrogen) atoms. The first-order valence-corrected chi connectivity index (χ1v) is 6.08. The van der Waals surface area contributed by atoms with E-state index in [1.165, 1.54) is 0 Å². The van der Waals surface area contributed by atoms with Gasteiger partial charge >= 0.3 is 0 Å². The smallest absolute Gasteiger partial charge is 0.292 e. The van der Waals surface area contributed by atoms with Crippen molar-refractivity contribution < 1.29 is 4.42 Å². The molecule has 0 unspecified atom stereocenters. The summed E-state index contributed by atoms with van der Waals surface area (Å²) in [4.78, 5) is 3.89. The van der Waals surface area contributed by atoms with Crippen LogP contribution in [0, 0.1) is 11.3 Å². The number of nitriles is 1. The van der Waals surface area contributed by atoms with Crippen LogP contribution in [-0.2, 0) is 0 Å². The van der Waals surface area contributed by atoms with Crippen LogP contribution < -0.4 is 5.73 Å². The minimum absolute atomic E-state index is 0.150. The van der Waals surface area contributed by atoms with Crippen molar-refractivity contribution in [3.63, 3.8) is 0 Å². The summed E-state index contributed by atoms with van der Waals surface area (Å²) in [5.41, 5.74) is 9.02. The maximum Gasteiger partial charge on any atom is 0.292 e. The first kappa shape index (κ1) is 12.0. The molecule has 0 aliphatic rings. The number of rotatable bonds is 2. The Morgan fingerprint density at radius 2 is 1.70 bits per heavy atom.